The minimum absolute atomic E-state index is 0.258. The van der Waals surface area contributed by atoms with Crippen LogP contribution in [0, 0.1) is 0 Å². The van der Waals surface area contributed by atoms with Gasteiger partial charge < -0.3 is 14.4 Å². The van der Waals surface area contributed by atoms with E-state index in [0.29, 0.717) is 33.7 Å². The van der Waals surface area contributed by atoms with Crippen molar-refractivity contribution in [1.29, 1.82) is 0 Å². The minimum atomic E-state index is -3.90. The number of halogens is 2. The lowest BCUT2D eigenvalue weighted by molar-refractivity contribution is 0.148. The van der Waals surface area contributed by atoms with Crippen LogP contribution in [0.25, 0.3) is 28.1 Å². The first kappa shape index (κ1) is 31.1. The summed E-state index contributed by atoms with van der Waals surface area (Å²) in [5.74, 6) is 0.978. The van der Waals surface area contributed by atoms with Gasteiger partial charge in [-0.15, -0.1) is 0 Å². The van der Waals surface area contributed by atoms with E-state index < -0.39 is 16.1 Å². The van der Waals surface area contributed by atoms with Gasteiger partial charge in [0.2, 0.25) is 11.8 Å². The second kappa shape index (κ2) is 12.9. The van der Waals surface area contributed by atoms with Crippen molar-refractivity contribution in [1.82, 2.24) is 19.3 Å². The largest absolute Gasteiger partial charge is 0.493 e. The second-order valence-electron chi connectivity index (χ2n) is 11.6. The zero-order valence-electron chi connectivity index (χ0n) is 25.2. The highest BCUT2D eigenvalue weighted by atomic mass is 35.5. The normalized spacial score (nSPS) is 16.1. The number of hydrogen-bond acceptors (Lipinski definition) is 6. The molecular weight excluding hydrogens is 657 g/mol. The number of hydrogen-bond donors (Lipinski definition) is 2. The van der Waals surface area contributed by atoms with Gasteiger partial charge in [-0.05, 0) is 85.3 Å². The third-order valence-corrected chi connectivity index (χ3v) is 10.2. The number of benzene rings is 3. The Morgan fingerprint density at radius 3 is 2.28 bits per heavy atom. The lowest BCUT2D eigenvalue weighted by atomic mass is 9.98. The van der Waals surface area contributed by atoms with E-state index >= 15 is 0 Å². The van der Waals surface area contributed by atoms with Crippen LogP contribution >= 0.6 is 23.2 Å². The molecule has 1 aliphatic carbocycles. The van der Waals surface area contributed by atoms with Gasteiger partial charge in [0.15, 0.2) is 0 Å². The van der Waals surface area contributed by atoms with Crippen LogP contribution in [0.4, 0.5) is 5.69 Å². The minimum Gasteiger partial charge on any atom is -0.493 e. The van der Waals surface area contributed by atoms with Crippen LogP contribution in [0.3, 0.4) is 0 Å². The summed E-state index contributed by atoms with van der Waals surface area (Å²) >= 11 is 12.7. The molecule has 240 valence electrons. The number of anilines is 1. The Bertz CT molecular complexity index is 2040. The second-order valence-corrected chi connectivity index (χ2v) is 14.0. The summed E-state index contributed by atoms with van der Waals surface area (Å²) in [5, 5.41) is 10.7. The fourth-order valence-electron chi connectivity index (χ4n) is 5.93. The summed E-state index contributed by atoms with van der Waals surface area (Å²) in [5.41, 5.74) is 5.64. The van der Waals surface area contributed by atoms with Gasteiger partial charge in [-0.1, -0.05) is 53.9 Å². The van der Waals surface area contributed by atoms with Gasteiger partial charge in [-0.3, -0.25) is 0 Å². The molecule has 2 aromatic heterocycles. The molecular formula is C35H31Cl2N5O4S. The summed E-state index contributed by atoms with van der Waals surface area (Å²) in [6, 6.07) is 24.5. The lowest BCUT2D eigenvalue weighted by Crippen LogP contribution is -2.29. The summed E-state index contributed by atoms with van der Waals surface area (Å²) in [6.45, 7) is 0. The van der Waals surface area contributed by atoms with Crippen molar-refractivity contribution in [2.24, 2.45) is 0 Å². The van der Waals surface area contributed by atoms with Crippen LogP contribution in [0.2, 0.25) is 10.0 Å². The third kappa shape index (κ3) is 6.81. The number of aliphatic hydroxyl groups excluding tert-OH is 1. The van der Waals surface area contributed by atoms with Crippen molar-refractivity contribution in [3.05, 3.63) is 125 Å². The molecule has 5 aromatic rings. The van der Waals surface area contributed by atoms with E-state index in [-0.39, 0.29) is 6.10 Å². The number of pyridine rings is 1. The molecule has 3 heterocycles. The Morgan fingerprint density at radius 1 is 0.894 bits per heavy atom. The average molecular weight is 689 g/mol. The number of rotatable bonds is 8. The van der Waals surface area contributed by atoms with Crippen LogP contribution in [-0.2, 0) is 16.6 Å². The molecule has 2 N–H and O–H groups in total. The molecule has 2 aliphatic rings. The number of aromatic nitrogens is 3. The molecule has 0 amide bonds. The van der Waals surface area contributed by atoms with Gasteiger partial charge in [0.05, 0.1) is 22.6 Å². The third-order valence-electron chi connectivity index (χ3n) is 8.33. The van der Waals surface area contributed by atoms with Crippen LogP contribution in [-0.4, -0.2) is 34.2 Å². The number of aliphatic hydroxyl groups is 1. The molecule has 12 heteroatoms. The van der Waals surface area contributed by atoms with E-state index in [0.717, 1.165) is 57.1 Å². The fraction of sp³-hybridized carbons (Fsp3) is 0.200. The molecule has 3 aromatic carbocycles. The van der Waals surface area contributed by atoms with Gasteiger partial charge in [-0.2, -0.15) is 8.42 Å². The number of nitrogens with one attached hydrogen (secondary N) is 1. The lowest BCUT2D eigenvalue weighted by Gasteiger charge is -2.22. The molecule has 0 unspecified atom stereocenters. The quantitative estimate of drug-likeness (QED) is 0.170. The van der Waals surface area contributed by atoms with E-state index in [1.807, 2.05) is 35.2 Å². The summed E-state index contributed by atoms with van der Waals surface area (Å²) in [6.07, 6.45) is 11.5. The monoisotopic (exact) mass is 687 g/mol. The molecule has 47 heavy (non-hydrogen) atoms. The van der Waals surface area contributed by atoms with Crippen molar-refractivity contribution in [3.63, 3.8) is 0 Å². The maximum absolute atomic E-state index is 12.4. The topological polar surface area (TPSA) is 110 Å². The van der Waals surface area contributed by atoms with E-state index in [4.69, 9.17) is 32.9 Å². The summed E-state index contributed by atoms with van der Waals surface area (Å²) < 4.78 is 35.8. The Kier molecular flexibility index (Phi) is 8.57. The van der Waals surface area contributed by atoms with Crippen LogP contribution in [0.1, 0.15) is 43.5 Å². The zero-order chi connectivity index (χ0) is 32.5. The molecule has 1 fully saturated rings. The summed E-state index contributed by atoms with van der Waals surface area (Å²) in [4.78, 5) is 9.53. The van der Waals surface area contributed by atoms with Crippen molar-refractivity contribution in [2.45, 2.75) is 44.6 Å². The van der Waals surface area contributed by atoms with Crippen LogP contribution in [0.5, 0.6) is 5.88 Å². The van der Waals surface area contributed by atoms with Crippen molar-refractivity contribution < 1.29 is 18.3 Å². The molecule has 9 nitrogen and oxygen atoms in total. The smallest absolute Gasteiger partial charge is 0.330 e. The zero-order valence-corrected chi connectivity index (χ0v) is 27.5. The average Bonchev–Trinajstić information content (AvgIpc) is 3.60. The van der Waals surface area contributed by atoms with Crippen molar-refractivity contribution in [2.75, 3.05) is 4.31 Å². The SMILES string of the molecule is O=S1(=O)NC(O)=CN1c1ccc(-n2cc(-c3ccc(Cl)cc3Cl)nc2Cc2ccc(-c3ccc(OC4CCCCC4)nc3)cc2)cc1. The van der Waals surface area contributed by atoms with Gasteiger partial charge in [-0.25, -0.2) is 19.0 Å². The predicted molar refractivity (Wildman–Crippen MR) is 184 cm³/mol. The summed E-state index contributed by atoms with van der Waals surface area (Å²) in [7, 11) is -3.90. The Morgan fingerprint density at radius 2 is 1.62 bits per heavy atom. The predicted octanol–water partition coefficient (Wildman–Crippen LogP) is 8.22. The van der Waals surface area contributed by atoms with E-state index in [1.165, 1.54) is 19.3 Å². The molecule has 0 spiro atoms. The molecule has 7 rings (SSSR count). The highest BCUT2D eigenvalue weighted by Crippen LogP contribution is 2.32. The number of ether oxygens (including phenoxy) is 1. The fourth-order valence-corrected chi connectivity index (χ4v) is 7.49. The van der Waals surface area contributed by atoms with E-state index in [9.17, 15) is 13.5 Å². The van der Waals surface area contributed by atoms with E-state index in [1.54, 1.807) is 36.4 Å². The maximum atomic E-state index is 12.4. The highest BCUT2D eigenvalue weighted by molar-refractivity contribution is 7.91. The van der Waals surface area contributed by atoms with Gasteiger partial charge in [0, 0.05) is 46.7 Å². The highest BCUT2D eigenvalue weighted by Gasteiger charge is 2.28. The molecule has 0 atom stereocenters. The maximum Gasteiger partial charge on any atom is 0.330 e. The van der Waals surface area contributed by atoms with E-state index in [2.05, 4.69) is 34.0 Å². The first-order chi connectivity index (χ1) is 22.7. The Hall–Kier alpha value is -4.51. The first-order valence-corrected chi connectivity index (χ1v) is 17.5. The molecule has 0 saturated heterocycles. The first-order valence-electron chi connectivity index (χ1n) is 15.3. The molecule has 1 aliphatic heterocycles. The Balaban J connectivity index is 1.15. The Labute approximate surface area is 283 Å². The van der Waals surface area contributed by atoms with Gasteiger partial charge >= 0.3 is 10.2 Å². The van der Waals surface area contributed by atoms with Gasteiger partial charge in [0.1, 0.15) is 11.9 Å². The van der Waals surface area contributed by atoms with Gasteiger partial charge in [0.25, 0.3) is 0 Å². The molecule has 0 bridgehead atoms. The molecule has 1 saturated carbocycles. The van der Waals surface area contributed by atoms with Crippen LogP contribution in [0.15, 0.2) is 103 Å². The van der Waals surface area contributed by atoms with Crippen LogP contribution < -0.4 is 13.8 Å². The van der Waals surface area contributed by atoms with Crippen molar-refractivity contribution in [3.8, 4) is 34.0 Å². The standard InChI is InChI=1S/C35H31Cl2N5O4S/c36-26-11-16-30(31(37)19-26)32-21-41(27-12-14-28(15-13-27)42-22-34(43)40-47(42,44)45)33(39-32)18-23-6-8-24(9-7-23)25-10-17-35(38-20-25)46-29-4-2-1-3-5-29/h6-17,19-22,29,40,43H,1-5,18H2. The number of imidazole rings is 1. The number of nitrogens with zero attached hydrogens (tertiary/aromatic N) is 4. The molecule has 0 radical (unpaired) electrons. The van der Waals surface area contributed by atoms with Crippen molar-refractivity contribution >= 4 is 39.1 Å².